The summed E-state index contributed by atoms with van der Waals surface area (Å²) in [4.78, 5) is 23.7. The fraction of sp³-hybridized carbons (Fsp3) is 0. The molecule has 8 N–H and O–H groups in total. The van der Waals surface area contributed by atoms with Crippen LogP contribution in [0, 0.1) is 0 Å². The molecule has 0 amide bonds. The second-order valence-electron chi connectivity index (χ2n) is 4.67. The maximum atomic E-state index is 12.0. The van der Waals surface area contributed by atoms with Gasteiger partial charge in [0.05, 0.1) is 5.70 Å². The molecule has 0 atom stereocenters. The van der Waals surface area contributed by atoms with Gasteiger partial charge in [0.25, 0.3) is 5.78 Å². The first-order valence-electron chi connectivity index (χ1n) is 5.88. The molecule has 0 bridgehead atoms. The Morgan fingerprint density at radius 3 is 1.70 bits per heavy atom. The number of carbonyl (C=O) groups is 2. The maximum Gasteiger partial charge on any atom is 0.251 e. The number of ketones is 2. The fourth-order valence-corrected chi connectivity index (χ4v) is 2.36. The minimum absolute atomic E-state index is 0.0910. The minimum atomic E-state index is -0.795. The van der Waals surface area contributed by atoms with Crippen LogP contribution in [0.1, 0.15) is 15.9 Å². The number of benzene rings is 2. The van der Waals surface area contributed by atoms with E-state index in [1.807, 2.05) is 0 Å². The zero-order valence-corrected chi connectivity index (χ0v) is 10.4. The molecule has 0 spiro atoms. The van der Waals surface area contributed by atoms with E-state index in [0.29, 0.717) is 27.7 Å². The van der Waals surface area contributed by atoms with Crippen LogP contribution in [0.15, 0.2) is 30.0 Å². The van der Waals surface area contributed by atoms with Crippen LogP contribution in [0.3, 0.4) is 0 Å². The van der Waals surface area contributed by atoms with Crippen molar-refractivity contribution in [3.63, 3.8) is 0 Å². The molecular weight excluding hydrogens is 256 g/mol. The summed E-state index contributed by atoms with van der Waals surface area (Å²) in [5.74, 6) is -1.48. The summed E-state index contributed by atoms with van der Waals surface area (Å²) in [6.07, 6.45) is 0. The highest BCUT2D eigenvalue weighted by Crippen LogP contribution is 2.33. The summed E-state index contributed by atoms with van der Waals surface area (Å²) in [7, 11) is 0. The van der Waals surface area contributed by atoms with Crippen LogP contribution < -0.4 is 22.9 Å². The van der Waals surface area contributed by atoms with Crippen LogP contribution >= 0.6 is 0 Å². The van der Waals surface area contributed by atoms with E-state index < -0.39 is 11.6 Å². The van der Waals surface area contributed by atoms with Crippen molar-refractivity contribution in [2.75, 3.05) is 11.5 Å². The number of rotatable bonds is 0. The number of hydrogen-bond donors (Lipinski definition) is 4. The molecule has 0 aromatic heterocycles. The molecule has 2 aromatic carbocycles. The summed E-state index contributed by atoms with van der Waals surface area (Å²) in [5, 5.41) is 1.28. The molecule has 0 fully saturated rings. The molecule has 0 unspecified atom stereocenters. The normalized spacial score (nSPS) is 14.8. The number of carbonyl (C=O) groups excluding carboxylic acids is 2. The van der Waals surface area contributed by atoms with Crippen molar-refractivity contribution in [1.29, 1.82) is 0 Å². The quantitative estimate of drug-likeness (QED) is 0.402. The first kappa shape index (κ1) is 12.0. The highest BCUT2D eigenvalue weighted by Gasteiger charge is 2.30. The lowest BCUT2D eigenvalue weighted by Crippen LogP contribution is -2.30. The van der Waals surface area contributed by atoms with E-state index >= 15 is 0 Å². The largest absolute Gasteiger partial charge is 0.398 e. The first-order chi connectivity index (χ1) is 9.41. The van der Waals surface area contributed by atoms with Gasteiger partial charge in [0.1, 0.15) is 5.70 Å². The van der Waals surface area contributed by atoms with Gasteiger partial charge >= 0.3 is 0 Å². The summed E-state index contributed by atoms with van der Waals surface area (Å²) >= 11 is 0. The third kappa shape index (κ3) is 1.38. The van der Waals surface area contributed by atoms with E-state index in [2.05, 4.69) is 0 Å². The second kappa shape index (κ2) is 3.74. The van der Waals surface area contributed by atoms with Gasteiger partial charge in [0.2, 0.25) is 5.78 Å². The fourth-order valence-electron chi connectivity index (χ4n) is 2.36. The Morgan fingerprint density at radius 1 is 0.650 bits per heavy atom. The van der Waals surface area contributed by atoms with Gasteiger partial charge in [0.15, 0.2) is 0 Å². The van der Waals surface area contributed by atoms with E-state index in [0.717, 1.165) is 0 Å². The summed E-state index contributed by atoms with van der Waals surface area (Å²) in [6.45, 7) is 0. The van der Waals surface area contributed by atoms with Crippen molar-refractivity contribution in [3.8, 4) is 0 Å². The summed E-state index contributed by atoms with van der Waals surface area (Å²) in [6, 6.07) is 6.49. The molecule has 2 aromatic rings. The molecule has 0 radical (unpaired) electrons. The maximum absolute atomic E-state index is 12.0. The SMILES string of the molecule is NC1=C(N)c2cc3c(N)ccc(N)c3cc2C(=O)C1=O. The van der Waals surface area contributed by atoms with Gasteiger partial charge in [0, 0.05) is 33.3 Å². The van der Waals surface area contributed by atoms with Gasteiger partial charge < -0.3 is 22.9 Å². The van der Waals surface area contributed by atoms with Crippen LogP contribution in [-0.2, 0) is 4.79 Å². The number of hydrogen-bond acceptors (Lipinski definition) is 6. The average molecular weight is 268 g/mol. The Kier molecular flexibility index (Phi) is 2.25. The Labute approximate surface area is 114 Å². The minimum Gasteiger partial charge on any atom is -0.398 e. The number of anilines is 2. The number of nitrogen functional groups attached to an aromatic ring is 2. The van der Waals surface area contributed by atoms with Gasteiger partial charge in [-0.2, -0.15) is 0 Å². The highest BCUT2D eigenvalue weighted by molar-refractivity contribution is 6.52. The van der Waals surface area contributed by atoms with E-state index in [4.69, 9.17) is 22.9 Å². The third-order valence-corrected chi connectivity index (χ3v) is 3.50. The lowest BCUT2D eigenvalue weighted by molar-refractivity contribution is -0.111. The average Bonchev–Trinajstić information content (AvgIpc) is 2.45. The van der Waals surface area contributed by atoms with Crippen LogP contribution in [0.4, 0.5) is 11.4 Å². The molecule has 1 aliphatic carbocycles. The predicted molar refractivity (Wildman–Crippen MR) is 77.4 cm³/mol. The Balaban J connectivity index is 2.48. The van der Waals surface area contributed by atoms with Gasteiger partial charge in [-0.15, -0.1) is 0 Å². The lowest BCUT2D eigenvalue weighted by Gasteiger charge is -2.18. The first-order valence-corrected chi connectivity index (χ1v) is 5.88. The number of Topliss-reactive ketones (excluding diaryl/α,β-unsaturated/α-hetero) is 2. The van der Waals surface area contributed by atoms with E-state index in [1.165, 1.54) is 6.07 Å². The molecule has 0 saturated heterocycles. The van der Waals surface area contributed by atoms with Crippen molar-refractivity contribution in [2.24, 2.45) is 11.5 Å². The smallest absolute Gasteiger partial charge is 0.251 e. The van der Waals surface area contributed by atoms with Crippen LogP contribution in [-0.4, -0.2) is 11.6 Å². The topological polar surface area (TPSA) is 138 Å². The lowest BCUT2D eigenvalue weighted by atomic mass is 9.88. The molecule has 100 valence electrons. The molecule has 3 rings (SSSR count). The summed E-state index contributed by atoms with van der Waals surface area (Å²) in [5.41, 5.74) is 24.6. The van der Waals surface area contributed by atoms with Gasteiger partial charge in [-0.25, -0.2) is 0 Å². The Bertz CT molecular complexity index is 837. The van der Waals surface area contributed by atoms with E-state index in [1.54, 1.807) is 18.2 Å². The van der Waals surface area contributed by atoms with Crippen molar-refractivity contribution < 1.29 is 9.59 Å². The molecule has 20 heavy (non-hydrogen) atoms. The highest BCUT2D eigenvalue weighted by atomic mass is 16.2. The monoisotopic (exact) mass is 268 g/mol. The van der Waals surface area contributed by atoms with Crippen molar-refractivity contribution in [1.82, 2.24) is 0 Å². The van der Waals surface area contributed by atoms with Crippen LogP contribution in [0.2, 0.25) is 0 Å². The van der Waals surface area contributed by atoms with Crippen molar-refractivity contribution in [3.05, 3.63) is 41.1 Å². The van der Waals surface area contributed by atoms with Gasteiger partial charge in [-0.3, -0.25) is 9.59 Å². The molecule has 0 aliphatic heterocycles. The second-order valence-corrected chi connectivity index (χ2v) is 4.67. The Hall–Kier alpha value is -3.02. The van der Waals surface area contributed by atoms with Gasteiger partial charge in [-0.05, 0) is 24.3 Å². The van der Waals surface area contributed by atoms with Crippen LogP contribution in [0.5, 0.6) is 0 Å². The molecule has 6 heteroatoms. The molecular formula is C14H12N4O2. The standard InChI is InChI=1S/C14H12N4O2/c15-9-1-2-10(16)6-4-8-7(3-5(6)9)11(17)12(18)14(20)13(8)19/h1-4H,15-18H2. The van der Waals surface area contributed by atoms with Crippen molar-refractivity contribution in [2.45, 2.75) is 0 Å². The number of fused-ring (bicyclic) bond motifs is 2. The number of nitrogens with two attached hydrogens (primary N) is 4. The zero-order valence-electron chi connectivity index (χ0n) is 10.4. The van der Waals surface area contributed by atoms with Gasteiger partial charge in [-0.1, -0.05) is 0 Å². The number of allylic oxidation sites excluding steroid dienone is 1. The molecule has 6 nitrogen and oxygen atoms in total. The molecule has 0 heterocycles. The predicted octanol–water partition coefficient (Wildman–Crippen LogP) is 0.356. The van der Waals surface area contributed by atoms with Crippen molar-refractivity contribution >= 4 is 39.4 Å². The summed E-state index contributed by atoms with van der Waals surface area (Å²) < 4.78 is 0. The van der Waals surface area contributed by atoms with E-state index in [9.17, 15) is 9.59 Å². The Morgan fingerprint density at radius 2 is 1.15 bits per heavy atom. The third-order valence-electron chi connectivity index (χ3n) is 3.50. The zero-order chi connectivity index (χ0) is 14.6. The van der Waals surface area contributed by atoms with Crippen LogP contribution in [0.25, 0.3) is 16.5 Å². The molecule has 1 aliphatic rings. The molecule has 0 saturated carbocycles. The van der Waals surface area contributed by atoms with E-state index in [-0.39, 0.29) is 17.0 Å².